The van der Waals surface area contributed by atoms with Gasteiger partial charge in [0, 0.05) is 32.6 Å². The molecule has 0 bridgehead atoms. The summed E-state index contributed by atoms with van der Waals surface area (Å²) in [6.07, 6.45) is 4.81. The van der Waals surface area contributed by atoms with Crippen LogP contribution in [0.5, 0.6) is 0 Å². The van der Waals surface area contributed by atoms with E-state index in [2.05, 4.69) is 46.4 Å². The lowest BCUT2D eigenvalue weighted by Crippen LogP contribution is -2.57. The van der Waals surface area contributed by atoms with E-state index >= 15 is 0 Å². The van der Waals surface area contributed by atoms with Gasteiger partial charge in [0.2, 0.25) is 5.91 Å². The van der Waals surface area contributed by atoms with Crippen LogP contribution in [0.1, 0.15) is 49.3 Å². The van der Waals surface area contributed by atoms with Crippen LogP contribution in [0.15, 0.2) is 48.5 Å². The summed E-state index contributed by atoms with van der Waals surface area (Å²) in [7, 11) is 2.11. The monoisotopic (exact) mass is 484 g/mol. The Bertz CT molecular complexity index is 1100. The van der Waals surface area contributed by atoms with Crippen molar-refractivity contribution in [1.29, 1.82) is 10.5 Å². The van der Waals surface area contributed by atoms with Gasteiger partial charge in [-0.3, -0.25) is 9.69 Å². The van der Waals surface area contributed by atoms with Crippen LogP contribution in [-0.4, -0.2) is 60.5 Å². The third kappa shape index (κ3) is 6.12. The fourth-order valence-electron chi connectivity index (χ4n) is 5.21. The zero-order valence-corrected chi connectivity index (χ0v) is 21.1. The molecule has 2 aromatic rings. The lowest BCUT2D eigenvalue weighted by molar-refractivity contribution is -0.127. The zero-order valence-electron chi connectivity index (χ0n) is 21.1. The predicted octanol–water partition coefficient (Wildman–Crippen LogP) is 3.38. The first-order chi connectivity index (χ1) is 17.4. The highest BCUT2D eigenvalue weighted by Crippen LogP contribution is 2.27. The number of benzene rings is 2. The molecule has 36 heavy (non-hydrogen) atoms. The van der Waals surface area contributed by atoms with Crippen molar-refractivity contribution in [2.75, 3.05) is 33.2 Å². The van der Waals surface area contributed by atoms with Gasteiger partial charge < -0.3 is 16.0 Å². The van der Waals surface area contributed by atoms with Crippen molar-refractivity contribution in [2.45, 2.75) is 56.1 Å². The molecule has 4 rings (SSSR count). The van der Waals surface area contributed by atoms with Crippen LogP contribution in [0.25, 0.3) is 11.1 Å². The van der Waals surface area contributed by atoms with E-state index in [1.54, 1.807) is 0 Å². The zero-order chi connectivity index (χ0) is 25.5. The van der Waals surface area contributed by atoms with Crippen LogP contribution in [0.2, 0.25) is 0 Å². The Hall–Kier alpha value is -3.23. The van der Waals surface area contributed by atoms with Gasteiger partial charge in [-0.2, -0.15) is 10.5 Å². The van der Waals surface area contributed by atoms with Gasteiger partial charge in [-0.1, -0.05) is 67.8 Å². The molecule has 1 saturated heterocycles. The number of likely N-dealkylation sites (N-methyl/N-ethyl adjacent to an activating group) is 1. The van der Waals surface area contributed by atoms with Gasteiger partial charge in [0.15, 0.2) is 0 Å². The molecule has 188 valence electrons. The second-order valence-electron chi connectivity index (χ2n) is 10.3. The molecule has 2 atom stereocenters. The van der Waals surface area contributed by atoms with Crippen LogP contribution in [0.4, 0.5) is 0 Å². The maximum Gasteiger partial charge on any atom is 0.241 e. The van der Waals surface area contributed by atoms with Gasteiger partial charge in [0.25, 0.3) is 0 Å². The second-order valence-corrected chi connectivity index (χ2v) is 10.3. The van der Waals surface area contributed by atoms with Crippen LogP contribution in [0, 0.1) is 22.7 Å². The van der Waals surface area contributed by atoms with Crippen molar-refractivity contribution in [3.8, 4) is 23.3 Å². The van der Waals surface area contributed by atoms with E-state index < -0.39 is 11.6 Å². The number of nitrogens with zero attached hydrogens (tertiary/aromatic N) is 4. The summed E-state index contributed by atoms with van der Waals surface area (Å²) in [6, 6.07) is 20.1. The largest absolute Gasteiger partial charge is 0.338 e. The van der Waals surface area contributed by atoms with Gasteiger partial charge in [0.05, 0.1) is 17.7 Å². The maximum atomic E-state index is 12.7. The molecule has 0 aromatic heterocycles. The van der Waals surface area contributed by atoms with E-state index in [1.807, 2.05) is 36.4 Å². The van der Waals surface area contributed by atoms with Crippen molar-refractivity contribution >= 4 is 5.91 Å². The van der Waals surface area contributed by atoms with Gasteiger partial charge in [-0.05, 0) is 42.1 Å². The van der Waals surface area contributed by atoms with E-state index in [1.165, 1.54) is 0 Å². The minimum Gasteiger partial charge on any atom is -0.338 e. The predicted molar refractivity (Wildman–Crippen MR) is 141 cm³/mol. The number of amides is 1. The summed E-state index contributed by atoms with van der Waals surface area (Å²) in [5.41, 5.74) is 9.62. The van der Waals surface area contributed by atoms with E-state index in [0.29, 0.717) is 19.3 Å². The van der Waals surface area contributed by atoms with Crippen molar-refractivity contribution in [1.82, 2.24) is 15.1 Å². The molecule has 2 fully saturated rings. The fourth-order valence-corrected chi connectivity index (χ4v) is 5.21. The highest BCUT2D eigenvalue weighted by Gasteiger charge is 2.36. The summed E-state index contributed by atoms with van der Waals surface area (Å²) in [5.74, 6) is -0.210. The highest BCUT2D eigenvalue weighted by atomic mass is 16.2. The van der Waals surface area contributed by atoms with E-state index in [4.69, 9.17) is 5.73 Å². The quantitative estimate of drug-likeness (QED) is 0.624. The van der Waals surface area contributed by atoms with Gasteiger partial charge in [-0.25, -0.2) is 0 Å². The molecule has 0 spiro atoms. The molecule has 1 amide bonds. The third-order valence-corrected chi connectivity index (χ3v) is 7.64. The number of nitriles is 2. The van der Waals surface area contributed by atoms with Crippen molar-refractivity contribution in [2.24, 2.45) is 5.73 Å². The minimum absolute atomic E-state index is 0.210. The fraction of sp³-hybridized carbons (Fsp3) is 0.483. The Balaban J connectivity index is 1.37. The topological polar surface area (TPSA) is 109 Å². The SMILES string of the molecule is CN1CCN(C(C#N)c2ccc(-c3ccc(CC(C#N)NC(=O)C4(N)CCCCC4)cc3)cc2)CC1. The first kappa shape index (κ1) is 25.9. The van der Waals surface area contributed by atoms with Crippen LogP contribution in [-0.2, 0) is 11.2 Å². The first-order valence-electron chi connectivity index (χ1n) is 12.9. The summed E-state index contributed by atoms with van der Waals surface area (Å²) in [6.45, 7) is 3.75. The molecule has 1 saturated carbocycles. The number of carbonyl (C=O) groups excluding carboxylic acids is 1. The third-order valence-electron chi connectivity index (χ3n) is 7.64. The molecule has 0 radical (unpaired) electrons. The van der Waals surface area contributed by atoms with Crippen LogP contribution >= 0.6 is 0 Å². The maximum absolute atomic E-state index is 12.7. The molecule has 2 aliphatic rings. The number of hydrogen-bond donors (Lipinski definition) is 2. The lowest BCUT2D eigenvalue weighted by atomic mass is 9.81. The molecule has 2 aromatic carbocycles. The Morgan fingerprint density at radius 3 is 2.08 bits per heavy atom. The number of hydrogen-bond acceptors (Lipinski definition) is 6. The van der Waals surface area contributed by atoms with Crippen LogP contribution < -0.4 is 11.1 Å². The Labute approximate surface area is 214 Å². The van der Waals surface area contributed by atoms with Crippen LogP contribution in [0.3, 0.4) is 0 Å². The van der Waals surface area contributed by atoms with Crippen molar-refractivity contribution in [3.63, 3.8) is 0 Å². The smallest absolute Gasteiger partial charge is 0.241 e. The molecular formula is C29H36N6O. The first-order valence-corrected chi connectivity index (χ1v) is 12.9. The average molecular weight is 485 g/mol. The number of nitrogens with one attached hydrogen (secondary N) is 1. The van der Waals surface area contributed by atoms with Crippen molar-refractivity contribution in [3.05, 3.63) is 59.7 Å². The number of carbonyl (C=O) groups is 1. The van der Waals surface area contributed by atoms with E-state index in [9.17, 15) is 15.3 Å². The lowest BCUT2D eigenvalue weighted by Gasteiger charge is -2.35. The molecule has 7 nitrogen and oxygen atoms in total. The normalized spacial score (nSPS) is 20.0. The number of nitrogens with two attached hydrogens (primary N) is 1. The summed E-state index contributed by atoms with van der Waals surface area (Å²) in [5, 5.41) is 22.3. The molecule has 2 unspecified atom stereocenters. The molecule has 1 aliphatic carbocycles. The average Bonchev–Trinajstić information content (AvgIpc) is 2.91. The number of piperazine rings is 1. The van der Waals surface area contributed by atoms with Gasteiger partial charge in [-0.15, -0.1) is 0 Å². The van der Waals surface area contributed by atoms with Gasteiger partial charge in [0.1, 0.15) is 12.1 Å². The van der Waals surface area contributed by atoms with E-state index in [-0.39, 0.29) is 11.9 Å². The summed E-state index contributed by atoms with van der Waals surface area (Å²) >= 11 is 0. The minimum atomic E-state index is -0.849. The summed E-state index contributed by atoms with van der Waals surface area (Å²) < 4.78 is 0. The second kappa shape index (κ2) is 11.7. The molecule has 1 heterocycles. The molecule has 7 heteroatoms. The highest BCUT2D eigenvalue weighted by molar-refractivity contribution is 5.86. The number of rotatable bonds is 7. The van der Waals surface area contributed by atoms with Crippen molar-refractivity contribution < 1.29 is 4.79 Å². The Morgan fingerprint density at radius 2 is 1.53 bits per heavy atom. The molecule has 1 aliphatic heterocycles. The molecule has 3 N–H and O–H groups in total. The standard InChI is InChI=1S/C29H36N6O/c1-34-15-17-35(18-16-34)27(21-31)25-11-9-24(10-12-25)23-7-5-22(6-8-23)19-26(20-30)33-28(36)29(32)13-3-2-4-14-29/h5-12,26-27H,2-4,13-19,32H2,1H3,(H,33,36). The molecular weight excluding hydrogens is 448 g/mol. The summed E-state index contributed by atoms with van der Waals surface area (Å²) in [4.78, 5) is 17.3. The van der Waals surface area contributed by atoms with E-state index in [0.717, 1.165) is 67.7 Å². The Kier molecular flexibility index (Phi) is 8.38. The van der Waals surface area contributed by atoms with Gasteiger partial charge >= 0.3 is 0 Å². The Morgan fingerprint density at radius 1 is 0.944 bits per heavy atom.